The highest BCUT2D eigenvalue weighted by Crippen LogP contribution is 2.52. The number of aliphatic hydroxyl groups is 1. The predicted octanol–water partition coefficient (Wildman–Crippen LogP) is 3.22. The van der Waals surface area contributed by atoms with Gasteiger partial charge in [0.2, 0.25) is 0 Å². The second-order valence-corrected chi connectivity index (χ2v) is 7.40. The summed E-state index contributed by atoms with van der Waals surface area (Å²) in [5, 5.41) is 15.8. The zero-order valence-electron chi connectivity index (χ0n) is 13.7. The highest BCUT2D eigenvalue weighted by Gasteiger charge is 2.56. The molecule has 3 rings (SSSR count). The van der Waals surface area contributed by atoms with Crippen LogP contribution in [0.2, 0.25) is 0 Å². The standard InChI is InChI=1S/C18H24ClN3O/c1-14-3-5-15(6-4-14)9-16-7-8-17(2,10-19)18(16,23)11-22-13-20-12-21-22/h3-6,12-13,16,23H,7-11H2,1-2H3. The number of nitrogens with zero attached hydrogens (tertiary/aromatic N) is 3. The fourth-order valence-electron chi connectivity index (χ4n) is 3.78. The molecular weight excluding hydrogens is 310 g/mol. The first-order valence-corrected chi connectivity index (χ1v) is 8.67. The number of hydrogen-bond donors (Lipinski definition) is 1. The molecule has 0 amide bonds. The van der Waals surface area contributed by atoms with Gasteiger partial charge in [0.1, 0.15) is 12.7 Å². The third-order valence-corrected chi connectivity index (χ3v) is 6.12. The zero-order chi connectivity index (χ0) is 16.5. The summed E-state index contributed by atoms with van der Waals surface area (Å²) in [5.41, 5.74) is 1.32. The van der Waals surface area contributed by atoms with E-state index < -0.39 is 5.60 Å². The molecule has 3 unspecified atom stereocenters. The smallest absolute Gasteiger partial charge is 0.137 e. The van der Waals surface area contributed by atoms with Gasteiger partial charge in [-0.1, -0.05) is 36.8 Å². The van der Waals surface area contributed by atoms with E-state index >= 15 is 0 Å². The summed E-state index contributed by atoms with van der Waals surface area (Å²) in [4.78, 5) is 4.00. The summed E-state index contributed by atoms with van der Waals surface area (Å²) >= 11 is 6.26. The van der Waals surface area contributed by atoms with Gasteiger partial charge in [0, 0.05) is 11.3 Å². The number of alkyl halides is 1. The molecule has 1 heterocycles. The summed E-state index contributed by atoms with van der Waals surface area (Å²) in [6, 6.07) is 8.56. The van der Waals surface area contributed by atoms with Crippen LogP contribution in [0.25, 0.3) is 0 Å². The Morgan fingerprint density at radius 1 is 1.35 bits per heavy atom. The summed E-state index contributed by atoms with van der Waals surface area (Å²) in [7, 11) is 0. The SMILES string of the molecule is Cc1ccc(CC2CCC(C)(CCl)C2(O)Cn2cncn2)cc1. The molecule has 23 heavy (non-hydrogen) atoms. The lowest BCUT2D eigenvalue weighted by atomic mass is 9.72. The number of hydrogen-bond acceptors (Lipinski definition) is 3. The average molecular weight is 334 g/mol. The largest absolute Gasteiger partial charge is 0.387 e. The maximum absolute atomic E-state index is 11.6. The van der Waals surface area contributed by atoms with Crippen molar-refractivity contribution in [3.63, 3.8) is 0 Å². The van der Waals surface area contributed by atoms with Crippen molar-refractivity contribution in [3.05, 3.63) is 48.0 Å². The minimum absolute atomic E-state index is 0.165. The molecule has 1 N–H and O–H groups in total. The first kappa shape index (κ1) is 16.5. The third kappa shape index (κ3) is 3.02. The predicted molar refractivity (Wildman–Crippen MR) is 91.4 cm³/mol. The van der Waals surface area contributed by atoms with E-state index in [0.717, 1.165) is 19.3 Å². The Hall–Kier alpha value is -1.39. The van der Waals surface area contributed by atoms with E-state index in [9.17, 15) is 5.11 Å². The molecule has 1 aliphatic carbocycles. The summed E-state index contributed by atoms with van der Waals surface area (Å²) in [5.74, 6) is 0.612. The van der Waals surface area contributed by atoms with Crippen LogP contribution in [-0.4, -0.2) is 31.4 Å². The summed E-state index contributed by atoms with van der Waals surface area (Å²) < 4.78 is 1.72. The molecule has 0 spiro atoms. The highest BCUT2D eigenvalue weighted by molar-refractivity contribution is 6.18. The van der Waals surface area contributed by atoms with Crippen LogP contribution in [0.3, 0.4) is 0 Å². The number of rotatable bonds is 5. The van der Waals surface area contributed by atoms with Crippen LogP contribution in [0.4, 0.5) is 0 Å². The van der Waals surface area contributed by atoms with Crippen LogP contribution in [0.5, 0.6) is 0 Å². The van der Waals surface area contributed by atoms with Crippen LogP contribution in [0.15, 0.2) is 36.9 Å². The van der Waals surface area contributed by atoms with Gasteiger partial charge in [-0.25, -0.2) is 4.98 Å². The minimum Gasteiger partial charge on any atom is -0.387 e. The third-order valence-electron chi connectivity index (χ3n) is 5.53. The van der Waals surface area contributed by atoms with Crippen LogP contribution >= 0.6 is 11.6 Å². The first-order chi connectivity index (χ1) is 11.0. The van der Waals surface area contributed by atoms with Crippen molar-refractivity contribution in [2.75, 3.05) is 5.88 Å². The Morgan fingerprint density at radius 2 is 2.09 bits per heavy atom. The Labute approximate surface area is 142 Å². The molecule has 124 valence electrons. The highest BCUT2D eigenvalue weighted by atomic mass is 35.5. The zero-order valence-corrected chi connectivity index (χ0v) is 14.5. The maximum atomic E-state index is 11.6. The van der Waals surface area contributed by atoms with Crippen LogP contribution in [0.1, 0.15) is 30.9 Å². The number of benzene rings is 1. The van der Waals surface area contributed by atoms with E-state index in [2.05, 4.69) is 48.2 Å². The lowest BCUT2D eigenvalue weighted by molar-refractivity contribution is -0.0891. The molecular formula is C18H24ClN3O. The van der Waals surface area contributed by atoms with Gasteiger partial charge in [0.05, 0.1) is 12.1 Å². The molecule has 0 radical (unpaired) electrons. The van der Waals surface area contributed by atoms with Crippen molar-refractivity contribution in [1.29, 1.82) is 0 Å². The fraction of sp³-hybridized carbons (Fsp3) is 0.556. The fourth-order valence-corrected chi connectivity index (χ4v) is 4.15. The van der Waals surface area contributed by atoms with E-state index in [-0.39, 0.29) is 11.3 Å². The second kappa shape index (κ2) is 6.25. The van der Waals surface area contributed by atoms with E-state index in [1.807, 2.05) is 0 Å². The quantitative estimate of drug-likeness (QED) is 0.855. The minimum atomic E-state index is -0.882. The van der Waals surface area contributed by atoms with Gasteiger partial charge in [-0.2, -0.15) is 5.10 Å². The van der Waals surface area contributed by atoms with Crippen molar-refractivity contribution in [2.24, 2.45) is 11.3 Å². The molecule has 0 saturated heterocycles. The van der Waals surface area contributed by atoms with Crippen molar-refractivity contribution in [3.8, 4) is 0 Å². The number of aryl methyl sites for hydroxylation is 1. The van der Waals surface area contributed by atoms with Crippen molar-refractivity contribution < 1.29 is 5.11 Å². The molecule has 4 nitrogen and oxygen atoms in total. The topological polar surface area (TPSA) is 50.9 Å². The Kier molecular flexibility index (Phi) is 4.47. The van der Waals surface area contributed by atoms with Gasteiger partial charge < -0.3 is 5.11 Å². The van der Waals surface area contributed by atoms with E-state index in [4.69, 9.17) is 11.6 Å². The molecule has 2 aromatic rings. The van der Waals surface area contributed by atoms with Gasteiger partial charge in [0.15, 0.2) is 0 Å². The summed E-state index contributed by atoms with van der Waals surface area (Å²) in [6.07, 6.45) is 5.93. The Balaban J connectivity index is 1.87. The van der Waals surface area contributed by atoms with Crippen LogP contribution in [0, 0.1) is 18.3 Å². The Morgan fingerprint density at radius 3 is 2.70 bits per heavy atom. The first-order valence-electron chi connectivity index (χ1n) is 8.13. The average Bonchev–Trinajstić information content (AvgIpc) is 3.12. The Bertz CT molecular complexity index is 643. The molecule has 1 aromatic carbocycles. The second-order valence-electron chi connectivity index (χ2n) is 7.14. The van der Waals surface area contributed by atoms with Crippen LogP contribution in [-0.2, 0) is 13.0 Å². The summed E-state index contributed by atoms with van der Waals surface area (Å²) in [6.45, 7) is 4.61. The van der Waals surface area contributed by atoms with Crippen LogP contribution < -0.4 is 0 Å². The molecule has 1 saturated carbocycles. The molecule has 1 aromatic heterocycles. The molecule has 1 fully saturated rings. The van der Waals surface area contributed by atoms with Gasteiger partial charge in [-0.15, -0.1) is 11.6 Å². The molecule has 0 bridgehead atoms. The molecule has 0 aliphatic heterocycles. The monoisotopic (exact) mass is 333 g/mol. The van der Waals surface area contributed by atoms with Gasteiger partial charge in [0.25, 0.3) is 0 Å². The van der Waals surface area contributed by atoms with E-state index in [1.165, 1.54) is 17.5 Å². The van der Waals surface area contributed by atoms with Gasteiger partial charge in [-0.3, -0.25) is 4.68 Å². The number of halogens is 1. The molecule has 1 aliphatic rings. The molecule has 3 atom stereocenters. The van der Waals surface area contributed by atoms with E-state index in [1.54, 1.807) is 11.0 Å². The van der Waals surface area contributed by atoms with Crippen molar-refractivity contribution in [2.45, 2.75) is 45.3 Å². The van der Waals surface area contributed by atoms with E-state index in [0.29, 0.717) is 12.4 Å². The molecule has 5 heteroatoms. The van der Waals surface area contributed by atoms with Crippen molar-refractivity contribution >= 4 is 11.6 Å². The normalized spacial score (nSPS) is 30.7. The number of aromatic nitrogens is 3. The van der Waals surface area contributed by atoms with Gasteiger partial charge in [-0.05, 0) is 37.7 Å². The maximum Gasteiger partial charge on any atom is 0.137 e. The lowest BCUT2D eigenvalue weighted by Gasteiger charge is -2.42. The lowest BCUT2D eigenvalue weighted by Crippen LogP contribution is -2.51. The van der Waals surface area contributed by atoms with Crippen molar-refractivity contribution in [1.82, 2.24) is 14.8 Å². The van der Waals surface area contributed by atoms with Gasteiger partial charge >= 0.3 is 0 Å².